The summed E-state index contributed by atoms with van der Waals surface area (Å²) in [5, 5.41) is 3.56. The quantitative estimate of drug-likeness (QED) is 0.589. The second kappa shape index (κ2) is 5.43. The molecule has 0 aliphatic carbocycles. The van der Waals surface area contributed by atoms with Crippen molar-refractivity contribution in [3.63, 3.8) is 0 Å². The van der Waals surface area contributed by atoms with Gasteiger partial charge in [0.25, 0.3) is 0 Å². The van der Waals surface area contributed by atoms with E-state index >= 15 is 0 Å². The average molecular weight is 213 g/mol. The smallest absolute Gasteiger partial charge is 0.316 e. The molecule has 1 aromatic rings. The van der Waals surface area contributed by atoms with Crippen LogP contribution in [0.25, 0.3) is 0 Å². The van der Waals surface area contributed by atoms with Crippen molar-refractivity contribution in [2.24, 2.45) is 0 Å². The Morgan fingerprint density at radius 1 is 1.64 bits per heavy atom. The minimum atomic E-state index is -0.272. The highest BCUT2D eigenvalue weighted by Gasteiger charge is 2.03. The monoisotopic (exact) mass is 213 g/mol. The molecule has 14 heavy (non-hydrogen) atoms. The zero-order chi connectivity index (χ0) is 10.4. The first-order valence-electron chi connectivity index (χ1n) is 3.95. The van der Waals surface area contributed by atoms with Crippen LogP contribution in [0, 0.1) is 0 Å². The molecular formula is C8H11N3O2S. The highest BCUT2D eigenvalue weighted by atomic mass is 32.2. The minimum Gasteiger partial charge on any atom is -0.468 e. The molecule has 0 amide bonds. The van der Waals surface area contributed by atoms with E-state index in [4.69, 9.17) is 0 Å². The van der Waals surface area contributed by atoms with Gasteiger partial charge in [-0.25, -0.2) is 4.98 Å². The van der Waals surface area contributed by atoms with E-state index in [1.54, 1.807) is 19.4 Å². The zero-order valence-electron chi connectivity index (χ0n) is 7.98. The predicted molar refractivity (Wildman–Crippen MR) is 54.3 cm³/mol. The molecule has 0 aromatic carbocycles. The van der Waals surface area contributed by atoms with Crippen LogP contribution < -0.4 is 5.32 Å². The third-order valence-corrected chi connectivity index (χ3v) is 2.31. The molecule has 1 N–H and O–H groups in total. The Bertz CT molecular complexity index is 319. The molecule has 0 spiro atoms. The van der Waals surface area contributed by atoms with E-state index in [1.165, 1.54) is 18.9 Å². The number of nitrogens with zero attached hydrogens (tertiary/aromatic N) is 2. The Kier molecular flexibility index (Phi) is 4.18. The maximum Gasteiger partial charge on any atom is 0.316 e. The summed E-state index contributed by atoms with van der Waals surface area (Å²) in [6.07, 6.45) is 3.22. The topological polar surface area (TPSA) is 64.1 Å². The van der Waals surface area contributed by atoms with Gasteiger partial charge >= 0.3 is 5.97 Å². The molecule has 0 saturated carbocycles. The van der Waals surface area contributed by atoms with Crippen LogP contribution in [-0.4, -0.2) is 35.8 Å². The lowest BCUT2D eigenvalue weighted by Gasteiger charge is -2.01. The molecular weight excluding hydrogens is 202 g/mol. The number of ether oxygens (including phenoxy) is 1. The molecule has 0 radical (unpaired) electrons. The fraction of sp³-hybridized carbons (Fsp3) is 0.375. The van der Waals surface area contributed by atoms with Gasteiger partial charge in [0.1, 0.15) is 10.8 Å². The summed E-state index contributed by atoms with van der Waals surface area (Å²) >= 11 is 1.29. The number of rotatable bonds is 4. The average Bonchev–Trinajstić information content (AvgIpc) is 2.26. The first kappa shape index (κ1) is 10.8. The fourth-order valence-corrected chi connectivity index (χ4v) is 1.41. The van der Waals surface area contributed by atoms with E-state index in [-0.39, 0.29) is 11.7 Å². The number of nitrogens with one attached hydrogen (secondary N) is 1. The van der Waals surface area contributed by atoms with Crippen molar-refractivity contribution in [3.8, 4) is 0 Å². The Labute approximate surface area is 86.3 Å². The summed E-state index contributed by atoms with van der Waals surface area (Å²) < 4.78 is 4.50. The minimum absolute atomic E-state index is 0.248. The molecule has 0 bridgehead atoms. The van der Waals surface area contributed by atoms with Gasteiger partial charge in [0.15, 0.2) is 0 Å². The van der Waals surface area contributed by atoms with Crippen LogP contribution in [0.1, 0.15) is 0 Å². The Balaban J connectivity index is 2.54. The van der Waals surface area contributed by atoms with Crippen molar-refractivity contribution >= 4 is 23.5 Å². The van der Waals surface area contributed by atoms with Crippen molar-refractivity contribution in [2.45, 2.75) is 5.03 Å². The predicted octanol–water partition coefficient (Wildman–Crippen LogP) is 0.783. The van der Waals surface area contributed by atoms with Crippen LogP contribution in [0.2, 0.25) is 0 Å². The number of carbonyl (C=O) groups excluding carboxylic acids is 1. The lowest BCUT2D eigenvalue weighted by molar-refractivity contribution is -0.137. The van der Waals surface area contributed by atoms with Gasteiger partial charge in [-0.2, -0.15) is 0 Å². The molecule has 0 aliphatic heterocycles. The van der Waals surface area contributed by atoms with Crippen molar-refractivity contribution < 1.29 is 9.53 Å². The van der Waals surface area contributed by atoms with Gasteiger partial charge in [0.2, 0.25) is 0 Å². The summed E-state index contributed by atoms with van der Waals surface area (Å²) in [4.78, 5) is 19.0. The third kappa shape index (κ3) is 3.21. The van der Waals surface area contributed by atoms with Crippen molar-refractivity contribution in [2.75, 3.05) is 25.2 Å². The third-order valence-electron chi connectivity index (χ3n) is 1.43. The van der Waals surface area contributed by atoms with Gasteiger partial charge in [-0.05, 0) is 0 Å². The second-order valence-corrected chi connectivity index (χ2v) is 3.35. The van der Waals surface area contributed by atoms with E-state index in [2.05, 4.69) is 20.0 Å². The van der Waals surface area contributed by atoms with E-state index in [9.17, 15) is 4.79 Å². The zero-order valence-corrected chi connectivity index (χ0v) is 8.80. The van der Waals surface area contributed by atoms with Crippen LogP contribution in [0.5, 0.6) is 0 Å². The number of esters is 1. The van der Waals surface area contributed by atoms with Crippen molar-refractivity contribution in [1.29, 1.82) is 0 Å². The van der Waals surface area contributed by atoms with Crippen LogP contribution >= 0.6 is 11.8 Å². The molecule has 0 aliphatic rings. The maximum absolute atomic E-state index is 10.8. The number of methoxy groups -OCH3 is 1. The van der Waals surface area contributed by atoms with Crippen LogP contribution in [0.4, 0.5) is 5.82 Å². The van der Waals surface area contributed by atoms with E-state index in [1.807, 2.05) is 0 Å². The highest BCUT2D eigenvalue weighted by Crippen LogP contribution is 2.15. The van der Waals surface area contributed by atoms with Crippen LogP contribution in [0.3, 0.4) is 0 Å². The van der Waals surface area contributed by atoms with E-state index in [0.29, 0.717) is 10.8 Å². The van der Waals surface area contributed by atoms with Crippen molar-refractivity contribution in [3.05, 3.63) is 12.4 Å². The first-order valence-corrected chi connectivity index (χ1v) is 4.94. The number of hydrogen-bond acceptors (Lipinski definition) is 6. The molecule has 0 unspecified atom stereocenters. The molecule has 5 nitrogen and oxygen atoms in total. The van der Waals surface area contributed by atoms with Gasteiger partial charge in [0.05, 0.1) is 25.3 Å². The second-order valence-electron chi connectivity index (χ2n) is 2.36. The van der Waals surface area contributed by atoms with Crippen LogP contribution in [-0.2, 0) is 9.53 Å². The number of anilines is 1. The van der Waals surface area contributed by atoms with Gasteiger partial charge in [0, 0.05) is 7.05 Å². The number of carbonyl (C=O) groups is 1. The molecule has 1 rings (SSSR count). The SMILES string of the molecule is CNc1cncc(SCC(=O)OC)n1. The molecule has 6 heteroatoms. The standard InChI is InChI=1S/C8H11N3O2S/c1-9-6-3-10-4-7(11-6)14-5-8(12)13-2/h3-4H,5H2,1-2H3,(H,9,11). The number of hydrogen-bond donors (Lipinski definition) is 1. The summed E-state index contributed by atoms with van der Waals surface area (Å²) in [6, 6.07) is 0. The first-order chi connectivity index (χ1) is 6.76. The lowest BCUT2D eigenvalue weighted by atomic mass is 10.7. The maximum atomic E-state index is 10.8. The van der Waals surface area contributed by atoms with Gasteiger partial charge in [-0.1, -0.05) is 11.8 Å². The normalized spacial score (nSPS) is 9.57. The molecule has 76 valence electrons. The highest BCUT2D eigenvalue weighted by molar-refractivity contribution is 7.99. The summed E-state index contributed by atoms with van der Waals surface area (Å²) in [7, 11) is 3.12. The Hall–Kier alpha value is -1.30. The van der Waals surface area contributed by atoms with Crippen LogP contribution in [0.15, 0.2) is 17.4 Å². The van der Waals surface area contributed by atoms with Gasteiger partial charge in [-0.15, -0.1) is 0 Å². The largest absolute Gasteiger partial charge is 0.468 e. The van der Waals surface area contributed by atoms with E-state index < -0.39 is 0 Å². The summed E-state index contributed by atoms with van der Waals surface area (Å²) in [5.41, 5.74) is 0. The van der Waals surface area contributed by atoms with E-state index in [0.717, 1.165) is 0 Å². The molecule has 0 fully saturated rings. The molecule has 1 aromatic heterocycles. The number of aromatic nitrogens is 2. The van der Waals surface area contributed by atoms with Gasteiger partial charge < -0.3 is 10.1 Å². The molecule has 0 atom stereocenters. The molecule has 0 saturated heterocycles. The summed E-state index contributed by atoms with van der Waals surface area (Å²) in [5.74, 6) is 0.657. The summed E-state index contributed by atoms with van der Waals surface area (Å²) in [6.45, 7) is 0. The fourth-order valence-electron chi connectivity index (χ4n) is 0.730. The number of thioether (sulfide) groups is 1. The molecule has 1 heterocycles. The Morgan fingerprint density at radius 2 is 2.43 bits per heavy atom. The van der Waals surface area contributed by atoms with Gasteiger partial charge in [-0.3, -0.25) is 9.78 Å². The lowest BCUT2D eigenvalue weighted by Crippen LogP contribution is -2.03. The van der Waals surface area contributed by atoms with Crippen molar-refractivity contribution in [1.82, 2.24) is 9.97 Å². The Morgan fingerprint density at radius 3 is 3.07 bits per heavy atom.